The van der Waals surface area contributed by atoms with Gasteiger partial charge >= 0.3 is 0 Å². The van der Waals surface area contributed by atoms with Crippen molar-refractivity contribution in [3.63, 3.8) is 0 Å². The SMILES string of the molecule is Cc1ccc(NC(=O)c2nnn(C3CCNCC3)c2C)cc1Br. The molecule has 6 nitrogen and oxygen atoms in total. The highest BCUT2D eigenvalue weighted by Crippen LogP contribution is 2.23. The molecule has 0 unspecified atom stereocenters. The van der Waals surface area contributed by atoms with E-state index in [0.29, 0.717) is 11.7 Å². The number of nitrogens with zero attached hydrogens (tertiary/aromatic N) is 3. The highest BCUT2D eigenvalue weighted by atomic mass is 79.9. The Labute approximate surface area is 143 Å². The van der Waals surface area contributed by atoms with Crippen LogP contribution in [0.3, 0.4) is 0 Å². The number of carbonyl (C=O) groups excluding carboxylic acids is 1. The summed E-state index contributed by atoms with van der Waals surface area (Å²) in [6.45, 7) is 5.86. The molecular weight excluding hydrogens is 358 g/mol. The van der Waals surface area contributed by atoms with E-state index in [0.717, 1.165) is 47.3 Å². The summed E-state index contributed by atoms with van der Waals surface area (Å²) in [5, 5.41) is 14.5. The minimum atomic E-state index is -0.224. The number of nitrogens with one attached hydrogen (secondary N) is 2. The van der Waals surface area contributed by atoms with Crippen LogP contribution in [0.2, 0.25) is 0 Å². The van der Waals surface area contributed by atoms with E-state index in [2.05, 4.69) is 36.9 Å². The summed E-state index contributed by atoms with van der Waals surface area (Å²) in [5.41, 5.74) is 3.07. The second-order valence-corrected chi connectivity index (χ2v) is 6.72. The zero-order valence-corrected chi connectivity index (χ0v) is 14.9. The summed E-state index contributed by atoms with van der Waals surface area (Å²) in [4.78, 5) is 12.5. The van der Waals surface area contributed by atoms with E-state index in [-0.39, 0.29) is 5.91 Å². The molecule has 23 heavy (non-hydrogen) atoms. The van der Waals surface area contributed by atoms with Crippen LogP contribution in [0, 0.1) is 13.8 Å². The van der Waals surface area contributed by atoms with Crippen molar-refractivity contribution in [1.29, 1.82) is 0 Å². The van der Waals surface area contributed by atoms with Crippen LogP contribution in [-0.2, 0) is 0 Å². The third-order valence-electron chi connectivity index (χ3n) is 4.23. The molecule has 0 aliphatic carbocycles. The summed E-state index contributed by atoms with van der Waals surface area (Å²) in [6, 6.07) is 6.04. The standard InChI is InChI=1S/C16H20BrN5O/c1-10-3-4-12(9-14(10)17)19-16(23)15-11(2)22(21-20-15)13-5-7-18-8-6-13/h3-4,9,13,18H,5-8H2,1-2H3,(H,19,23). The first-order valence-corrected chi connectivity index (χ1v) is 8.55. The lowest BCUT2D eigenvalue weighted by atomic mass is 10.1. The first-order chi connectivity index (χ1) is 11.1. The third kappa shape index (κ3) is 3.45. The number of halogens is 1. The summed E-state index contributed by atoms with van der Waals surface area (Å²) in [6.07, 6.45) is 2.02. The van der Waals surface area contributed by atoms with Crippen LogP contribution in [0.5, 0.6) is 0 Å². The molecule has 2 N–H and O–H groups in total. The maximum Gasteiger partial charge on any atom is 0.278 e. The molecule has 1 aliphatic heterocycles. The van der Waals surface area contributed by atoms with Gasteiger partial charge in [-0.3, -0.25) is 4.79 Å². The fraction of sp³-hybridized carbons (Fsp3) is 0.438. The number of benzene rings is 1. The zero-order valence-electron chi connectivity index (χ0n) is 13.3. The minimum Gasteiger partial charge on any atom is -0.320 e. The number of hydrogen-bond donors (Lipinski definition) is 2. The van der Waals surface area contributed by atoms with Gasteiger partial charge in [-0.25, -0.2) is 4.68 Å². The normalized spacial score (nSPS) is 15.6. The van der Waals surface area contributed by atoms with Crippen molar-refractivity contribution < 1.29 is 4.79 Å². The lowest BCUT2D eigenvalue weighted by molar-refractivity contribution is 0.102. The van der Waals surface area contributed by atoms with Gasteiger partial charge in [0.05, 0.1) is 11.7 Å². The lowest BCUT2D eigenvalue weighted by Crippen LogP contribution is -2.30. The molecule has 3 rings (SSSR count). The van der Waals surface area contributed by atoms with E-state index >= 15 is 0 Å². The molecule has 0 spiro atoms. The van der Waals surface area contributed by atoms with E-state index in [1.807, 2.05) is 36.7 Å². The summed E-state index contributed by atoms with van der Waals surface area (Å²) >= 11 is 3.47. The van der Waals surface area contributed by atoms with Gasteiger partial charge in [-0.05, 0) is 57.5 Å². The van der Waals surface area contributed by atoms with Crippen LogP contribution in [0.25, 0.3) is 0 Å². The minimum absolute atomic E-state index is 0.224. The van der Waals surface area contributed by atoms with Crippen LogP contribution in [0.15, 0.2) is 22.7 Å². The zero-order chi connectivity index (χ0) is 16.4. The van der Waals surface area contributed by atoms with Gasteiger partial charge in [0.2, 0.25) is 0 Å². The number of aryl methyl sites for hydroxylation is 1. The number of hydrogen-bond acceptors (Lipinski definition) is 4. The number of carbonyl (C=O) groups is 1. The Bertz CT molecular complexity index is 721. The van der Waals surface area contributed by atoms with Crippen molar-refractivity contribution >= 4 is 27.5 Å². The molecule has 0 bridgehead atoms. The molecule has 1 fully saturated rings. The van der Waals surface area contributed by atoms with Gasteiger partial charge < -0.3 is 10.6 Å². The Balaban J connectivity index is 1.77. The van der Waals surface area contributed by atoms with Gasteiger partial charge in [-0.1, -0.05) is 27.2 Å². The van der Waals surface area contributed by atoms with Crippen molar-refractivity contribution in [2.24, 2.45) is 0 Å². The molecule has 0 saturated carbocycles. The maximum atomic E-state index is 12.5. The van der Waals surface area contributed by atoms with Crippen molar-refractivity contribution in [3.8, 4) is 0 Å². The van der Waals surface area contributed by atoms with Gasteiger partial charge in [-0.2, -0.15) is 0 Å². The van der Waals surface area contributed by atoms with Gasteiger partial charge in [0, 0.05) is 10.2 Å². The van der Waals surface area contributed by atoms with Crippen molar-refractivity contribution in [1.82, 2.24) is 20.3 Å². The summed E-state index contributed by atoms with van der Waals surface area (Å²) in [7, 11) is 0. The van der Waals surface area contributed by atoms with Crippen LogP contribution in [0.1, 0.15) is 40.6 Å². The number of anilines is 1. The molecule has 1 aliphatic rings. The molecule has 1 aromatic heterocycles. The highest BCUT2D eigenvalue weighted by Gasteiger charge is 2.22. The first-order valence-electron chi connectivity index (χ1n) is 7.76. The van der Waals surface area contributed by atoms with Crippen LogP contribution in [-0.4, -0.2) is 34.0 Å². The van der Waals surface area contributed by atoms with E-state index in [4.69, 9.17) is 0 Å². The third-order valence-corrected chi connectivity index (χ3v) is 5.08. The second kappa shape index (κ2) is 6.80. The van der Waals surface area contributed by atoms with Gasteiger partial charge in [0.1, 0.15) is 0 Å². The Kier molecular flexibility index (Phi) is 4.77. The molecule has 1 aromatic carbocycles. The highest BCUT2D eigenvalue weighted by molar-refractivity contribution is 9.10. The fourth-order valence-corrected chi connectivity index (χ4v) is 3.19. The monoisotopic (exact) mass is 377 g/mol. The summed E-state index contributed by atoms with van der Waals surface area (Å²) < 4.78 is 2.85. The molecular formula is C16H20BrN5O. The van der Waals surface area contributed by atoms with Crippen LogP contribution < -0.4 is 10.6 Å². The largest absolute Gasteiger partial charge is 0.320 e. The van der Waals surface area contributed by atoms with E-state index in [1.165, 1.54) is 0 Å². The number of amides is 1. The predicted octanol–water partition coefficient (Wildman–Crippen LogP) is 2.83. The van der Waals surface area contributed by atoms with Crippen LogP contribution >= 0.6 is 15.9 Å². The molecule has 0 radical (unpaired) electrons. The van der Waals surface area contributed by atoms with E-state index < -0.39 is 0 Å². The number of rotatable bonds is 3. The number of aromatic nitrogens is 3. The average molecular weight is 378 g/mol. The molecule has 7 heteroatoms. The quantitative estimate of drug-likeness (QED) is 0.862. The Morgan fingerprint density at radius 1 is 1.35 bits per heavy atom. The van der Waals surface area contributed by atoms with E-state index in [1.54, 1.807) is 0 Å². The van der Waals surface area contributed by atoms with Gasteiger partial charge in [0.15, 0.2) is 5.69 Å². The Morgan fingerprint density at radius 2 is 2.09 bits per heavy atom. The topological polar surface area (TPSA) is 71.8 Å². The predicted molar refractivity (Wildman–Crippen MR) is 92.7 cm³/mol. The van der Waals surface area contributed by atoms with Crippen molar-refractivity contribution in [3.05, 3.63) is 39.6 Å². The van der Waals surface area contributed by atoms with E-state index in [9.17, 15) is 4.79 Å². The first kappa shape index (κ1) is 16.1. The summed E-state index contributed by atoms with van der Waals surface area (Å²) in [5.74, 6) is -0.224. The van der Waals surface area contributed by atoms with Crippen molar-refractivity contribution in [2.75, 3.05) is 18.4 Å². The smallest absolute Gasteiger partial charge is 0.278 e. The molecule has 0 atom stereocenters. The molecule has 2 aromatic rings. The fourth-order valence-electron chi connectivity index (χ4n) is 2.81. The van der Waals surface area contributed by atoms with Gasteiger partial charge in [-0.15, -0.1) is 5.10 Å². The van der Waals surface area contributed by atoms with Gasteiger partial charge in [0.25, 0.3) is 5.91 Å². The van der Waals surface area contributed by atoms with Crippen molar-refractivity contribution in [2.45, 2.75) is 32.7 Å². The molecule has 2 heterocycles. The number of piperidine rings is 1. The molecule has 122 valence electrons. The maximum absolute atomic E-state index is 12.5. The molecule has 1 saturated heterocycles. The lowest BCUT2D eigenvalue weighted by Gasteiger charge is -2.23. The Hall–Kier alpha value is -1.73. The second-order valence-electron chi connectivity index (χ2n) is 5.87. The van der Waals surface area contributed by atoms with Crippen LogP contribution in [0.4, 0.5) is 5.69 Å². The average Bonchev–Trinajstić information content (AvgIpc) is 2.93. The molecule has 1 amide bonds. The Morgan fingerprint density at radius 3 is 2.78 bits per heavy atom.